The van der Waals surface area contributed by atoms with E-state index in [1.54, 1.807) is 25.1 Å². The molecule has 2 unspecified atom stereocenters. The summed E-state index contributed by atoms with van der Waals surface area (Å²) in [4.78, 5) is 69.9. The number of carbonyl (C=O) groups excluding carboxylic acids is 5. The summed E-state index contributed by atoms with van der Waals surface area (Å²) >= 11 is 0. The highest BCUT2D eigenvalue weighted by Crippen LogP contribution is 2.52. The van der Waals surface area contributed by atoms with Gasteiger partial charge in [0, 0.05) is 25.7 Å². The number of hydrogen-bond acceptors (Lipinski definition) is 11. The number of likely N-dealkylation sites (N-methyl/N-ethyl adjacent to an activating group) is 1. The lowest BCUT2D eigenvalue weighted by atomic mass is 9.52. The van der Waals surface area contributed by atoms with Gasteiger partial charge in [-0.2, -0.15) is 0 Å². The molecule has 0 radical (unpaired) electrons. The number of nitrogens with two attached hydrogens (primary N) is 1. The molecular formula is C29H36N4O9S. The lowest BCUT2D eigenvalue weighted by Crippen LogP contribution is -2.74. The second-order valence-corrected chi connectivity index (χ2v) is 14.4. The molecule has 3 aliphatic rings. The third-order valence-electron chi connectivity index (χ3n) is 8.73. The fraction of sp³-hybridized carbons (Fsp3) is 0.552. The number of amides is 1. The van der Waals surface area contributed by atoms with Crippen molar-refractivity contribution in [2.75, 3.05) is 39.6 Å². The minimum absolute atomic E-state index is 0.0126. The predicted molar refractivity (Wildman–Crippen MR) is 155 cm³/mol. The topological polar surface area (TPSA) is 204 Å². The third kappa shape index (κ3) is 5.04. The first-order valence-corrected chi connectivity index (χ1v) is 15.3. The molecule has 0 spiro atoms. The van der Waals surface area contributed by atoms with Crippen molar-refractivity contribution in [1.82, 2.24) is 9.62 Å². The number of aromatic hydroxyl groups is 1. The smallest absolute Gasteiger partial charge is 0.235 e. The zero-order chi connectivity index (χ0) is 32.3. The molecule has 0 bridgehead atoms. The molecule has 232 valence electrons. The van der Waals surface area contributed by atoms with Crippen molar-refractivity contribution < 1.29 is 42.6 Å². The Balaban J connectivity index is 1.82. The van der Waals surface area contributed by atoms with E-state index < -0.39 is 85.4 Å². The van der Waals surface area contributed by atoms with Crippen molar-refractivity contribution in [3.8, 4) is 17.6 Å². The molecule has 0 aromatic heterocycles. The molecule has 1 amide bonds. The van der Waals surface area contributed by atoms with Crippen molar-refractivity contribution in [2.24, 2.45) is 29.4 Å². The standard InChI is InChI=1S/C29H36N4O9S/c1-13(2)43(41,42)31-9-7-8-14-12-18(32(3)4)16-10-15-11-17-22(33(5)6)25(36)21(28(30)39)27(38)29(17,40)26(37)19(15)24(35)20(16)23(14)34/h12-13,15,17,19,21-22,31,34,40H,9-11H2,1-6H3,(H2,30,39)/t15-,17-,19?,21?,22-,29-/m1/s1. The Labute approximate surface area is 249 Å². The van der Waals surface area contributed by atoms with E-state index >= 15 is 0 Å². The molecule has 5 N–H and O–H groups in total. The van der Waals surface area contributed by atoms with Gasteiger partial charge in [0.25, 0.3) is 0 Å². The van der Waals surface area contributed by atoms with Crippen molar-refractivity contribution in [3.05, 3.63) is 22.8 Å². The molecule has 4 rings (SSSR count). The van der Waals surface area contributed by atoms with E-state index in [1.807, 2.05) is 0 Å². The van der Waals surface area contributed by atoms with Gasteiger partial charge in [0.15, 0.2) is 34.7 Å². The molecule has 3 aliphatic carbocycles. The molecule has 13 nitrogen and oxygen atoms in total. The van der Waals surface area contributed by atoms with Crippen LogP contribution in [0.25, 0.3) is 0 Å². The Morgan fingerprint density at radius 3 is 2.33 bits per heavy atom. The van der Waals surface area contributed by atoms with Gasteiger partial charge in [-0.15, -0.1) is 0 Å². The number of primary amides is 1. The zero-order valence-corrected chi connectivity index (χ0v) is 25.6. The van der Waals surface area contributed by atoms with Crippen molar-refractivity contribution in [1.29, 1.82) is 0 Å². The molecular weight excluding hydrogens is 580 g/mol. The Morgan fingerprint density at radius 2 is 1.79 bits per heavy atom. The van der Waals surface area contributed by atoms with Gasteiger partial charge in [0.1, 0.15) is 5.75 Å². The van der Waals surface area contributed by atoms with Gasteiger partial charge in [-0.1, -0.05) is 11.8 Å². The van der Waals surface area contributed by atoms with Crippen molar-refractivity contribution in [2.45, 2.75) is 43.6 Å². The van der Waals surface area contributed by atoms with Crippen LogP contribution < -0.4 is 15.4 Å². The average molecular weight is 617 g/mol. The highest BCUT2D eigenvalue weighted by Gasteiger charge is 2.69. The Hall–Kier alpha value is -3.64. The van der Waals surface area contributed by atoms with Crippen LogP contribution >= 0.6 is 0 Å². The average Bonchev–Trinajstić information content (AvgIpc) is 2.89. The number of sulfonamides is 1. The lowest BCUT2D eigenvalue weighted by molar-refractivity contribution is -0.181. The quantitative estimate of drug-likeness (QED) is 0.216. The number of hydrogen-bond donors (Lipinski definition) is 4. The highest BCUT2D eigenvalue weighted by molar-refractivity contribution is 7.90. The van der Waals surface area contributed by atoms with Crippen LogP contribution in [0.1, 0.15) is 41.8 Å². The van der Waals surface area contributed by atoms with Gasteiger partial charge < -0.3 is 20.8 Å². The van der Waals surface area contributed by atoms with Crippen LogP contribution in [0.3, 0.4) is 0 Å². The molecule has 1 aromatic rings. The van der Waals surface area contributed by atoms with E-state index in [-0.39, 0.29) is 30.5 Å². The summed E-state index contributed by atoms with van der Waals surface area (Å²) in [6.07, 6.45) is 0.0455. The summed E-state index contributed by atoms with van der Waals surface area (Å²) in [6, 6.07) is 0.370. The number of benzene rings is 1. The fourth-order valence-corrected chi connectivity index (χ4v) is 7.20. The largest absolute Gasteiger partial charge is 0.506 e. The molecule has 0 aliphatic heterocycles. The Morgan fingerprint density at radius 1 is 1.16 bits per heavy atom. The highest BCUT2D eigenvalue weighted by atomic mass is 32.2. The number of carbonyl (C=O) groups is 5. The number of nitrogens with one attached hydrogen (secondary N) is 1. The van der Waals surface area contributed by atoms with Gasteiger partial charge in [-0.3, -0.25) is 28.9 Å². The maximum absolute atomic E-state index is 14.0. The fourth-order valence-electron chi connectivity index (χ4n) is 6.59. The Bertz CT molecular complexity index is 1610. The van der Waals surface area contributed by atoms with Crippen LogP contribution in [0.15, 0.2) is 6.07 Å². The number of phenols is 1. The first kappa shape index (κ1) is 32.3. The molecule has 0 saturated heterocycles. The number of Topliss-reactive ketones (excluding diaryl/α,β-unsaturated/α-hetero) is 4. The second-order valence-electron chi connectivity index (χ2n) is 12.0. The Kier molecular flexibility index (Phi) is 8.35. The van der Waals surface area contributed by atoms with Crippen LogP contribution in [0.4, 0.5) is 5.69 Å². The van der Waals surface area contributed by atoms with Crippen molar-refractivity contribution in [3.63, 3.8) is 0 Å². The monoisotopic (exact) mass is 616 g/mol. The summed E-state index contributed by atoms with van der Waals surface area (Å²) in [5.41, 5.74) is 3.31. The molecule has 14 heteroatoms. The minimum atomic E-state index is -3.59. The van der Waals surface area contributed by atoms with E-state index in [0.717, 1.165) is 0 Å². The summed E-state index contributed by atoms with van der Waals surface area (Å²) in [5, 5.41) is 22.3. The maximum atomic E-state index is 14.0. The lowest BCUT2D eigenvalue weighted by Gasteiger charge is -2.52. The minimum Gasteiger partial charge on any atom is -0.506 e. The van der Waals surface area contributed by atoms with Gasteiger partial charge in [-0.25, -0.2) is 13.1 Å². The number of fused-ring (bicyclic) bond motifs is 3. The van der Waals surface area contributed by atoms with Crippen LogP contribution in [-0.4, -0.2) is 104 Å². The van der Waals surface area contributed by atoms with Gasteiger partial charge in [0.2, 0.25) is 15.9 Å². The van der Waals surface area contributed by atoms with Gasteiger partial charge in [-0.05, 0) is 58.3 Å². The summed E-state index contributed by atoms with van der Waals surface area (Å²) < 4.78 is 26.4. The van der Waals surface area contributed by atoms with Crippen LogP contribution in [-0.2, 0) is 35.6 Å². The first-order valence-electron chi connectivity index (χ1n) is 13.8. The number of rotatable bonds is 6. The van der Waals surface area contributed by atoms with E-state index in [2.05, 4.69) is 16.6 Å². The van der Waals surface area contributed by atoms with E-state index in [1.165, 1.54) is 32.8 Å². The number of nitrogens with zero attached hydrogens (tertiary/aromatic N) is 2. The number of phenolic OH excluding ortho intramolecular Hbond substituents is 1. The van der Waals surface area contributed by atoms with E-state index in [0.29, 0.717) is 11.3 Å². The normalized spacial score (nSPS) is 28.6. The first-order chi connectivity index (χ1) is 19.9. The second kappa shape index (κ2) is 11.1. The molecule has 0 heterocycles. The van der Waals surface area contributed by atoms with Gasteiger partial charge >= 0.3 is 0 Å². The molecule has 6 atom stereocenters. The zero-order valence-electron chi connectivity index (χ0n) is 24.8. The maximum Gasteiger partial charge on any atom is 0.235 e. The molecule has 2 saturated carbocycles. The predicted octanol–water partition coefficient (Wildman–Crippen LogP) is -1.39. The summed E-state index contributed by atoms with van der Waals surface area (Å²) in [7, 11) is 2.88. The molecule has 2 fully saturated rings. The summed E-state index contributed by atoms with van der Waals surface area (Å²) in [5.74, 6) is -6.13. The van der Waals surface area contributed by atoms with E-state index in [4.69, 9.17) is 5.73 Å². The molecule has 1 aromatic carbocycles. The van der Waals surface area contributed by atoms with Crippen molar-refractivity contribution >= 4 is 44.8 Å². The van der Waals surface area contributed by atoms with Gasteiger partial charge in [0.05, 0.1) is 34.9 Å². The number of anilines is 1. The third-order valence-corrected chi connectivity index (χ3v) is 10.5. The van der Waals surface area contributed by atoms with E-state index in [9.17, 15) is 42.6 Å². The number of aliphatic hydroxyl groups is 1. The SMILES string of the molecule is CC(C)S(=O)(=O)NCC#Cc1cc(N(C)C)c2c(c1O)C(=O)C1C(=O)[C@@]3(O)C(=O)C(C(N)=O)C(=O)[C@H](N(C)C)[C@H]3C[C@H]1C2. The van der Waals surface area contributed by atoms with Crippen LogP contribution in [0.2, 0.25) is 0 Å². The van der Waals surface area contributed by atoms with Crippen LogP contribution in [0.5, 0.6) is 5.75 Å². The number of ketones is 4. The van der Waals surface area contributed by atoms with Crippen LogP contribution in [0, 0.1) is 35.5 Å². The molecule has 43 heavy (non-hydrogen) atoms. The summed E-state index contributed by atoms with van der Waals surface area (Å²) in [6.45, 7) is 2.76.